The Morgan fingerprint density at radius 3 is 2.11 bits per heavy atom. The van der Waals surface area contributed by atoms with Crippen LogP contribution in [-0.4, -0.2) is 45.2 Å². The van der Waals surface area contributed by atoms with Gasteiger partial charge in [-0.1, -0.05) is 13.8 Å². The van der Waals surface area contributed by atoms with Crippen molar-refractivity contribution in [1.29, 1.82) is 0 Å². The van der Waals surface area contributed by atoms with Crippen LogP contribution in [0.15, 0.2) is 18.2 Å². The first-order valence-corrected chi connectivity index (χ1v) is 5.83. The van der Waals surface area contributed by atoms with Crippen molar-refractivity contribution in [3.8, 4) is 11.5 Å². The van der Waals surface area contributed by atoms with Gasteiger partial charge in [0, 0.05) is 18.2 Å². The summed E-state index contributed by atoms with van der Waals surface area (Å²) in [6, 6.07) is 3.48. The molecule has 1 aromatic carbocycles. The van der Waals surface area contributed by atoms with Gasteiger partial charge in [0.2, 0.25) is 0 Å². The van der Waals surface area contributed by atoms with E-state index >= 15 is 0 Å². The lowest BCUT2D eigenvalue weighted by Crippen LogP contribution is -2.38. The highest BCUT2D eigenvalue weighted by Gasteiger charge is 2.20. The SMILES string of the molecule is CC(C)CN(CC(=O)O)C(=O)c1cc(O)cc(O)c1. The minimum atomic E-state index is -1.11. The molecule has 0 bridgehead atoms. The van der Waals surface area contributed by atoms with Gasteiger partial charge in [0.05, 0.1) is 0 Å². The Bertz CT molecular complexity index is 464. The molecule has 1 rings (SSSR count). The first-order valence-electron chi connectivity index (χ1n) is 5.83. The van der Waals surface area contributed by atoms with Gasteiger partial charge in [0.1, 0.15) is 18.0 Å². The molecule has 0 aliphatic heterocycles. The van der Waals surface area contributed by atoms with Crippen LogP contribution >= 0.6 is 0 Å². The molecule has 0 fully saturated rings. The zero-order chi connectivity index (χ0) is 14.6. The van der Waals surface area contributed by atoms with E-state index in [0.29, 0.717) is 0 Å². The van der Waals surface area contributed by atoms with Crippen molar-refractivity contribution in [3.63, 3.8) is 0 Å². The molecule has 0 radical (unpaired) electrons. The average molecular weight is 267 g/mol. The lowest BCUT2D eigenvalue weighted by atomic mass is 10.1. The van der Waals surface area contributed by atoms with Crippen LogP contribution in [0.25, 0.3) is 0 Å². The van der Waals surface area contributed by atoms with Gasteiger partial charge in [0.25, 0.3) is 5.91 Å². The molecule has 0 saturated carbocycles. The van der Waals surface area contributed by atoms with Crippen LogP contribution in [-0.2, 0) is 4.79 Å². The third-order valence-electron chi connectivity index (χ3n) is 2.35. The second-order valence-corrected chi connectivity index (χ2v) is 4.71. The Labute approximate surface area is 110 Å². The van der Waals surface area contributed by atoms with Gasteiger partial charge in [-0.05, 0) is 18.1 Å². The van der Waals surface area contributed by atoms with E-state index in [1.54, 1.807) is 0 Å². The molecule has 3 N–H and O–H groups in total. The molecular formula is C13H17NO5. The van der Waals surface area contributed by atoms with E-state index in [1.807, 2.05) is 13.8 Å². The third kappa shape index (κ3) is 4.50. The summed E-state index contributed by atoms with van der Waals surface area (Å²) in [6.45, 7) is 3.58. The highest BCUT2D eigenvalue weighted by molar-refractivity contribution is 5.96. The second kappa shape index (κ2) is 6.08. The molecule has 0 aliphatic rings. The Hall–Kier alpha value is -2.24. The fourth-order valence-corrected chi connectivity index (χ4v) is 1.72. The van der Waals surface area contributed by atoms with Crippen molar-refractivity contribution in [1.82, 2.24) is 4.90 Å². The van der Waals surface area contributed by atoms with E-state index in [2.05, 4.69) is 0 Å². The molecule has 1 aromatic rings. The summed E-state index contributed by atoms with van der Waals surface area (Å²) < 4.78 is 0. The molecule has 104 valence electrons. The summed E-state index contributed by atoms with van der Waals surface area (Å²) >= 11 is 0. The monoisotopic (exact) mass is 267 g/mol. The predicted molar refractivity (Wildman–Crippen MR) is 68.1 cm³/mol. The normalized spacial score (nSPS) is 10.5. The van der Waals surface area contributed by atoms with Crippen molar-refractivity contribution in [2.24, 2.45) is 5.92 Å². The third-order valence-corrected chi connectivity index (χ3v) is 2.35. The molecule has 0 spiro atoms. The maximum absolute atomic E-state index is 12.2. The van der Waals surface area contributed by atoms with Crippen LogP contribution in [0, 0.1) is 5.92 Å². The predicted octanol–water partition coefficient (Wildman–Crippen LogP) is 1.28. The summed E-state index contributed by atoms with van der Waals surface area (Å²) in [4.78, 5) is 24.1. The molecule has 0 aliphatic carbocycles. The smallest absolute Gasteiger partial charge is 0.323 e. The number of aliphatic carboxylic acids is 1. The summed E-state index contributed by atoms with van der Waals surface area (Å²) in [5, 5.41) is 27.5. The molecule has 0 saturated heterocycles. The number of carboxylic acids is 1. The first kappa shape index (κ1) is 14.8. The number of carbonyl (C=O) groups is 2. The van der Waals surface area contributed by atoms with Crippen molar-refractivity contribution in [2.45, 2.75) is 13.8 Å². The number of aromatic hydroxyl groups is 2. The molecule has 0 heterocycles. The van der Waals surface area contributed by atoms with Crippen LogP contribution in [0.1, 0.15) is 24.2 Å². The van der Waals surface area contributed by atoms with Gasteiger partial charge in [-0.3, -0.25) is 9.59 Å². The molecule has 19 heavy (non-hydrogen) atoms. The number of nitrogens with zero attached hydrogens (tertiary/aromatic N) is 1. The summed E-state index contributed by atoms with van der Waals surface area (Å²) in [5.74, 6) is -2.04. The van der Waals surface area contributed by atoms with E-state index in [9.17, 15) is 19.8 Å². The highest BCUT2D eigenvalue weighted by Crippen LogP contribution is 2.21. The number of hydrogen-bond acceptors (Lipinski definition) is 4. The Kier molecular flexibility index (Phi) is 4.74. The van der Waals surface area contributed by atoms with E-state index in [0.717, 1.165) is 6.07 Å². The molecule has 1 amide bonds. The zero-order valence-electron chi connectivity index (χ0n) is 10.8. The number of hydrogen-bond donors (Lipinski definition) is 3. The van der Waals surface area contributed by atoms with E-state index in [-0.39, 0.29) is 29.5 Å². The second-order valence-electron chi connectivity index (χ2n) is 4.71. The molecule has 0 aromatic heterocycles. The maximum Gasteiger partial charge on any atom is 0.323 e. The maximum atomic E-state index is 12.2. The molecule has 0 unspecified atom stereocenters. The first-order chi connectivity index (χ1) is 8.79. The Balaban J connectivity index is 3.00. The number of phenols is 2. The number of phenolic OH excluding ortho intramolecular Hbond substituents is 2. The van der Waals surface area contributed by atoms with Crippen LogP contribution in [0.2, 0.25) is 0 Å². The topological polar surface area (TPSA) is 98.1 Å². The number of carboxylic acid groups (broad SMARTS) is 1. The Morgan fingerprint density at radius 2 is 1.68 bits per heavy atom. The molecule has 6 nitrogen and oxygen atoms in total. The average Bonchev–Trinajstić information content (AvgIpc) is 2.24. The van der Waals surface area contributed by atoms with Crippen molar-refractivity contribution < 1.29 is 24.9 Å². The minimum absolute atomic E-state index is 0.0550. The van der Waals surface area contributed by atoms with Crippen molar-refractivity contribution in [3.05, 3.63) is 23.8 Å². The standard InChI is InChI=1S/C13H17NO5/c1-8(2)6-14(7-12(17)18)13(19)9-3-10(15)5-11(16)4-9/h3-5,8,15-16H,6-7H2,1-2H3,(H,17,18). The van der Waals surface area contributed by atoms with E-state index in [1.165, 1.54) is 17.0 Å². The van der Waals surface area contributed by atoms with Crippen molar-refractivity contribution in [2.75, 3.05) is 13.1 Å². The van der Waals surface area contributed by atoms with Gasteiger partial charge in [-0.25, -0.2) is 0 Å². The van der Waals surface area contributed by atoms with Crippen molar-refractivity contribution >= 4 is 11.9 Å². The molecular weight excluding hydrogens is 250 g/mol. The molecule has 6 heteroatoms. The lowest BCUT2D eigenvalue weighted by molar-refractivity contribution is -0.137. The number of benzene rings is 1. The van der Waals surface area contributed by atoms with Crippen LogP contribution in [0.3, 0.4) is 0 Å². The van der Waals surface area contributed by atoms with Crippen LogP contribution in [0.5, 0.6) is 11.5 Å². The number of rotatable bonds is 5. The summed E-state index contributed by atoms with van der Waals surface area (Å²) in [7, 11) is 0. The largest absolute Gasteiger partial charge is 0.508 e. The Morgan fingerprint density at radius 1 is 1.16 bits per heavy atom. The van der Waals surface area contributed by atoms with E-state index in [4.69, 9.17) is 5.11 Å². The minimum Gasteiger partial charge on any atom is -0.508 e. The van der Waals surface area contributed by atoms with Gasteiger partial charge < -0.3 is 20.2 Å². The summed E-state index contributed by atoms with van der Waals surface area (Å²) in [6.07, 6.45) is 0. The lowest BCUT2D eigenvalue weighted by Gasteiger charge is -2.22. The molecule has 0 atom stereocenters. The zero-order valence-corrected chi connectivity index (χ0v) is 10.8. The van der Waals surface area contributed by atoms with Gasteiger partial charge in [0.15, 0.2) is 0 Å². The van der Waals surface area contributed by atoms with Crippen LogP contribution in [0.4, 0.5) is 0 Å². The fraction of sp³-hybridized carbons (Fsp3) is 0.385. The highest BCUT2D eigenvalue weighted by atomic mass is 16.4. The van der Waals surface area contributed by atoms with Gasteiger partial charge in [-0.2, -0.15) is 0 Å². The number of amides is 1. The van der Waals surface area contributed by atoms with Crippen LogP contribution < -0.4 is 0 Å². The fourth-order valence-electron chi connectivity index (χ4n) is 1.72. The summed E-state index contributed by atoms with van der Waals surface area (Å²) in [5.41, 5.74) is 0.0550. The quantitative estimate of drug-likeness (QED) is 0.746. The number of carbonyl (C=O) groups excluding carboxylic acids is 1. The van der Waals surface area contributed by atoms with Gasteiger partial charge in [-0.15, -0.1) is 0 Å². The van der Waals surface area contributed by atoms with Gasteiger partial charge >= 0.3 is 5.97 Å². The van der Waals surface area contributed by atoms with E-state index < -0.39 is 18.4 Å².